The minimum atomic E-state index is -0.341. The second-order valence-electron chi connectivity index (χ2n) is 2.89. The zero-order chi connectivity index (χ0) is 10.8. The van der Waals surface area contributed by atoms with Crippen LogP contribution >= 0.6 is 24.0 Å². The van der Waals surface area contributed by atoms with Crippen LogP contribution in [0.3, 0.4) is 0 Å². The van der Waals surface area contributed by atoms with Crippen molar-refractivity contribution in [2.24, 2.45) is 0 Å². The molecule has 0 radical (unpaired) electrons. The van der Waals surface area contributed by atoms with Crippen molar-refractivity contribution in [3.05, 3.63) is 40.8 Å². The normalized spacial score (nSPS) is 18.9. The highest BCUT2D eigenvalue weighted by atomic mass is 32.2. The van der Waals surface area contributed by atoms with E-state index >= 15 is 0 Å². The van der Waals surface area contributed by atoms with Crippen LogP contribution in [0.25, 0.3) is 5.76 Å². The van der Waals surface area contributed by atoms with E-state index < -0.39 is 0 Å². The molecule has 5 heteroatoms. The molecule has 1 aliphatic rings. The number of aliphatic hydroxyl groups is 1. The van der Waals surface area contributed by atoms with Gasteiger partial charge in [-0.25, -0.2) is 0 Å². The first kappa shape index (κ1) is 10.2. The van der Waals surface area contributed by atoms with Crippen LogP contribution in [0.5, 0.6) is 0 Å². The van der Waals surface area contributed by atoms with Gasteiger partial charge in [0.2, 0.25) is 0 Å². The van der Waals surface area contributed by atoms with Crippen molar-refractivity contribution in [1.82, 2.24) is 5.32 Å². The third-order valence-electron chi connectivity index (χ3n) is 1.88. The number of carbonyl (C=O) groups is 1. The largest absolute Gasteiger partial charge is 0.506 e. The average Bonchev–Trinajstić information content (AvgIpc) is 2.58. The molecule has 0 aliphatic carbocycles. The van der Waals surface area contributed by atoms with Crippen LogP contribution in [0.15, 0.2) is 35.2 Å². The Labute approximate surface area is 96.2 Å². The summed E-state index contributed by atoms with van der Waals surface area (Å²) in [6.45, 7) is 0. The zero-order valence-electron chi connectivity index (χ0n) is 7.56. The van der Waals surface area contributed by atoms with Gasteiger partial charge in [0.25, 0.3) is 5.91 Å². The Kier molecular flexibility index (Phi) is 2.75. The molecule has 1 fully saturated rings. The molecule has 1 amide bonds. The van der Waals surface area contributed by atoms with Crippen molar-refractivity contribution < 1.29 is 9.90 Å². The van der Waals surface area contributed by atoms with Crippen LogP contribution in [0.2, 0.25) is 0 Å². The summed E-state index contributed by atoms with van der Waals surface area (Å²) in [6.07, 6.45) is 0. The Morgan fingerprint density at radius 3 is 2.53 bits per heavy atom. The number of amides is 1. The van der Waals surface area contributed by atoms with Crippen LogP contribution in [0.1, 0.15) is 5.56 Å². The number of nitrogens with one attached hydrogen (secondary N) is 1. The predicted octanol–water partition coefficient (Wildman–Crippen LogP) is 2.06. The molecule has 2 N–H and O–H groups in total. The molecule has 0 unspecified atom stereocenters. The van der Waals surface area contributed by atoms with Gasteiger partial charge < -0.3 is 10.4 Å². The topological polar surface area (TPSA) is 49.3 Å². The molecule has 0 atom stereocenters. The van der Waals surface area contributed by atoms with E-state index in [1.165, 1.54) is 0 Å². The molecule has 0 saturated carbocycles. The van der Waals surface area contributed by atoms with Crippen LogP contribution in [-0.2, 0) is 4.79 Å². The van der Waals surface area contributed by atoms with E-state index in [4.69, 9.17) is 12.2 Å². The van der Waals surface area contributed by atoms with Crippen molar-refractivity contribution >= 4 is 40.0 Å². The first-order chi connectivity index (χ1) is 7.18. The molecule has 1 aromatic rings. The molecule has 1 aromatic carbocycles. The minimum absolute atomic E-state index is 0.0297. The average molecular weight is 237 g/mol. The molecular formula is C10H7NO2S2. The summed E-state index contributed by atoms with van der Waals surface area (Å²) >= 11 is 5.91. The summed E-state index contributed by atoms with van der Waals surface area (Å²) < 4.78 is 0.373. The highest BCUT2D eigenvalue weighted by Gasteiger charge is 2.26. The Balaban J connectivity index is 2.42. The smallest absolute Gasteiger partial charge is 0.267 e. The maximum atomic E-state index is 11.4. The van der Waals surface area contributed by atoms with Crippen LogP contribution in [-0.4, -0.2) is 15.3 Å². The highest BCUT2D eigenvalue weighted by molar-refractivity contribution is 8.26. The third-order valence-corrected chi connectivity index (χ3v) is 3.10. The lowest BCUT2D eigenvalue weighted by Gasteiger charge is -2.01. The van der Waals surface area contributed by atoms with Gasteiger partial charge in [0.1, 0.15) is 15.0 Å². The van der Waals surface area contributed by atoms with E-state index in [0.717, 1.165) is 11.8 Å². The number of thiocarbonyl (C=S) groups is 1. The van der Waals surface area contributed by atoms with Crippen LogP contribution in [0, 0.1) is 0 Å². The highest BCUT2D eigenvalue weighted by Crippen LogP contribution is 2.30. The summed E-state index contributed by atoms with van der Waals surface area (Å²) in [5, 5.41) is 12.3. The van der Waals surface area contributed by atoms with Crippen molar-refractivity contribution in [1.29, 1.82) is 0 Å². The molecule has 76 valence electrons. The second kappa shape index (κ2) is 4.04. The molecule has 0 bridgehead atoms. The standard InChI is InChI=1S/C10H7NO2S2/c12-7(6-4-2-1-3-5-6)8-9(13)11-10(14)15-8/h1-5,12H,(H,11,13,14). The third kappa shape index (κ3) is 2.03. The number of thioether (sulfide) groups is 1. The summed E-state index contributed by atoms with van der Waals surface area (Å²) in [7, 11) is 0. The van der Waals surface area contributed by atoms with E-state index in [0.29, 0.717) is 9.88 Å². The number of hydrogen-bond donors (Lipinski definition) is 2. The fourth-order valence-corrected chi connectivity index (χ4v) is 2.23. The Bertz CT molecular complexity index is 454. The Hall–Kier alpha value is -1.33. The quantitative estimate of drug-likeness (QED) is 0.446. The van der Waals surface area contributed by atoms with Gasteiger partial charge in [-0.15, -0.1) is 0 Å². The molecule has 1 aliphatic heterocycles. The zero-order valence-corrected chi connectivity index (χ0v) is 9.19. The molecule has 0 spiro atoms. The lowest BCUT2D eigenvalue weighted by molar-refractivity contribution is -0.115. The van der Waals surface area contributed by atoms with Gasteiger partial charge in [0.05, 0.1) is 0 Å². The van der Waals surface area contributed by atoms with Gasteiger partial charge in [-0.2, -0.15) is 0 Å². The maximum Gasteiger partial charge on any atom is 0.267 e. The SMILES string of the molecule is O=C1NC(=S)SC1=C(O)c1ccccc1. The molecule has 1 heterocycles. The van der Waals surface area contributed by atoms with Crippen molar-refractivity contribution in [3.8, 4) is 0 Å². The molecule has 2 rings (SSSR count). The van der Waals surface area contributed by atoms with Gasteiger partial charge >= 0.3 is 0 Å². The molecule has 0 aromatic heterocycles. The molecule has 1 saturated heterocycles. The van der Waals surface area contributed by atoms with E-state index in [9.17, 15) is 9.90 Å². The maximum absolute atomic E-state index is 11.4. The lowest BCUT2D eigenvalue weighted by Crippen LogP contribution is -2.18. The van der Waals surface area contributed by atoms with E-state index in [1.807, 2.05) is 6.07 Å². The minimum Gasteiger partial charge on any atom is -0.506 e. The van der Waals surface area contributed by atoms with Crippen LogP contribution in [0.4, 0.5) is 0 Å². The van der Waals surface area contributed by atoms with E-state index in [1.54, 1.807) is 24.3 Å². The van der Waals surface area contributed by atoms with Gasteiger partial charge in [-0.1, -0.05) is 54.3 Å². The fraction of sp³-hybridized carbons (Fsp3) is 0. The number of aliphatic hydroxyl groups excluding tert-OH is 1. The van der Waals surface area contributed by atoms with E-state index in [-0.39, 0.29) is 16.6 Å². The number of benzene rings is 1. The van der Waals surface area contributed by atoms with Crippen molar-refractivity contribution in [2.45, 2.75) is 0 Å². The summed E-state index contributed by atoms with van der Waals surface area (Å²) in [4.78, 5) is 11.6. The Morgan fingerprint density at radius 2 is 2.00 bits per heavy atom. The van der Waals surface area contributed by atoms with Crippen molar-refractivity contribution in [2.75, 3.05) is 0 Å². The first-order valence-corrected chi connectivity index (χ1v) is 5.43. The van der Waals surface area contributed by atoms with Crippen molar-refractivity contribution in [3.63, 3.8) is 0 Å². The van der Waals surface area contributed by atoms with Gasteiger partial charge in [-0.3, -0.25) is 4.79 Å². The number of hydrogen-bond acceptors (Lipinski definition) is 4. The van der Waals surface area contributed by atoms with E-state index in [2.05, 4.69) is 5.32 Å². The lowest BCUT2D eigenvalue weighted by atomic mass is 10.2. The predicted molar refractivity (Wildman–Crippen MR) is 64.3 cm³/mol. The summed E-state index contributed by atoms with van der Waals surface area (Å²) in [5.41, 5.74) is 0.611. The number of carbonyl (C=O) groups excluding carboxylic acids is 1. The first-order valence-electron chi connectivity index (χ1n) is 4.20. The van der Waals surface area contributed by atoms with Gasteiger partial charge in [0, 0.05) is 5.56 Å². The molecule has 3 nitrogen and oxygen atoms in total. The number of rotatable bonds is 1. The molecule has 15 heavy (non-hydrogen) atoms. The van der Waals surface area contributed by atoms with Gasteiger partial charge in [-0.05, 0) is 0 Å². The summed E-state index contributed by atoms with van der Waals surface area (Å²) in [5.74, 6) is -0.371. The summed E-state index contributed by atoms with van der Waals surface area (Å²) in [6, 6.07) is 8.90. The van der Waals surface area contributed by atoms with Gasteiger partial charge in [0.15, 0.2) is 0 Å². The fourth-order valence-electron chi connectivity index (χ4n) is 1.20. The second-order valence-corrected chi connectivity index (χ2v) is 4.57. The molecular weight excluding hydrogens is 230 g/mol. The monoisotopic (exact) mass is 237 g/mol. The Morgan fingerprint density at radius 1 is 1.33 bits per heavy atom. The van der Waals surface area contributed by atoms with Crippen LogP contribution < -0.4 is 5.32 Å².